The van der Waals surface area contributed by atoms with Crippen molar-refractivity contribution in [3.05, 3.63) is 59.2 Å². The molecule has 35 heavy (non-hydrogen) atoms. The lowest BCUT2D eigenvalue weighted by molar-refractivity contribution is -0.153. The van der Waals surface area contributed by atoms with Gasteiger partial charge in [0.2, 0.25) is 0 Å². The van der Waals surface area contributed by atoms with Gasteiger partial charge in [-0.05, 0) is 51.7 Å². The zero-order valence-electron chi connectivity index (χ0n) is 19.8. The van der Waals surface area contributed by atoms with E-state index in [0.717, 1.165) is 42.6 Å². The summed E-state index contributed by atoms with van der Waals surface area (Å²) in [4.78, 5) is 31.8. The number of halogens is 1. The largest absolute Gasteiger partial charge is 0.465 e. The molecule has 8 heteroatoms. The molecular formula is C27H37ClN2O5. The first kappa shape index (κ1) is 28.7. The van der Waals surface area contributed by atoms with Gasteiger partial charge in [-0.25, -0.2) is 4.79 Å². The van der Waals surface area contributed by atoms with E-state index in [0.29, 0.717) is 24.0 Å². The quantitative estimate of drug-likeness (QED) is 0.359. The van der Waals surface area contributed by atoms with Gasteiger partial charge in [0.05, 0.1) is 13.2 Å². The molecule has 0 amide bonds. The van der Waals surface area contributed by atoms with Crippen molar-refractivity contribution in [3.8, 4) is 0 Å². The van der Waals surface area contributed by atoms with E-state index in [-0.39, 0.29) is 20.0 Å². The van der Waals surface area contributed by atoms with Crippen molar-refractivity contribution in [2.45, 2.75) is 83.1 Å². The number of carbonyl (C=O) groups excluding carboxylic acids is 2. The van der Waals surface area contributed by atoms with Crippen LogP contribution in [0.5, 0.6) is 0 Å². The average Bonchev–Trinajstić information content (AvgIpc) is 2.77. The molecule has 2 aliphatic rings. The SMILES string of the molecule is C.CCOC(=O)C(Cl)c1cccnc1C1CCC1.CCOC(=O)C(O)c1cccnc1C1CCC1. The highest BCUT2D eigenvalue weighted by Gasteiger charge is 2.30. The number of esters is 2. The first-order valence-electron chi connectivity index (χ1n) is 12.0. The van der Waals surface area contributed by atoms with Crippen LogP contribution in [0.3, 0.4) is 0 Å². The molecule has 7 nitrogen and oxygen atoms in total. The number of aliphatic hydroxyl groups excluding tert-OH is 1. The number of hydrogen-bond donors (Lipinski definition) is 1. The Morgan fingerprint density at radius 1 is 0.914 bits per heavy atom. The third-order valence-electron chi connectivity index (χ3n) is 6.30. The summed E-state index contributed by atoms with van der Waals surface area (Å²) in [6, 6.07) is 7.17. The number of aliphatic hydroxyl groups is 1. The molecule has 0 aromatic carbocycles. The van der Waals surface area contributed by atoms with E-state index in [1.54, 1.807) is 38.4 Å². The zero-order chi connectivity index (χ0) is 24.5. The second-order valence-corrected chi connectivity index (χ2v) is 8.92. The van der Waals surface area contributed by atoms with Gasteiger partial charge < -0.3 is 14.6 Å². The molecule has 2 saturated carbocycles. The van der Waals surface area contributed by atoms with E-state index in [4.69, 9.17) is 21.1 Å². The Bertz CT molecular complexity index is 885. The van der Waals surface area contributed by atoms with Crippen molar-refractivity contribution in [1.82, 2.24) is 9.97 Å². The van der Waals surface area contributed by atoms with E-state index in [1.807, 2.05) is 12.1 Å². The van der Waals surface area contributed by atoms with Crippen LogP contribution in [-0.4, -0.2) is 40.2 Å². The maximum atomic E-state index is 11.6. The number of pyridine rings is 2. The molecule has 2 aromatic rings. The summed E-state index contributed by atoms with van der Waals surface area (Å²) >= 11 is 6.15. The molecule has 2 fully saturated rings. The smallest absolute Gasteiger partial charge is 0.339 e. The Labute approximate surface area is 213 Å². The number of rotatable bonds is 8. The van der Waals surface area contributed by atoms with Gasteiger partial charge in [0, 0.05) is 46.7 Å². The van der Waals surface area contributed by atoms with Crippen LogP contribution < -0.4 is 0 Å². The van der Waals surface area contributed by atoms with Crippen LogP contribution >= 0.6 is 11.6 Å². The summed E-state index contributed by atoms with van der Waals surface area (Å²) < 4.78 is 9.77. The Balaban J connectivity index is 0.000000240. The molecule has 0 aliphatic heterocycles. The molecule has 0 radical (unpaired) electrons. The number of hydrogen-bond acceptors (Lipinski definition) is 7. The van der Waals surface area contributed by atoms with Crippen molar-refractivity contribution >= 4 is 23.5 Å². The molecular weight excluding hydrogens is 468 g/mol. The maximum Gasteiger partial charge on any atom is 0.339 e. The van der Waals surface area contributed by atoms with E-state index >= 15 is 0 Å². The van der Waals surface area contributed by atoms with E-state index < -0.39 is 17.5 Å². The van der Waals surface area contributed by atoms with Crippen LogP contribution in [0.4, 0.5) is 0 Å². The fraction of sp³-hybridized carbons (Fsp3) is 0.556. The summed E-state index contributed by atoms with van der Waals surface area (Å²) in [5.74, 6) is -0.138. The van der Waals surface area contributed by atoms with E-state index in [2.05, 4.69) is 9.97 Å². The van der Waals surface area contributed by atoms with Crippen LogP contribution in [0, 0.1) is 0 Å². The molecule has 2 aromatic heterocycles. The van der Waals surface area contributed by atoms with E-state index in [1.165, 1.54) is 12.8 Å². The second kappa shape index (κ2) is 14.1. The van der Waals surface area contributed by atoms with Crippen molar-refractivity contribution in [2.75, 3.05) is 13.2 Å². The minimum Gasteiger partial charge on any atom is -0.465 e. The predicted octanol–water partition coefficient (Wildman–Crippen LogP) is 5.77. The van der Waals surface area contributed by atoms with Gasteiger partial charge in [-0.3, -0.25) is 14.8 Å². The van der Waals surface area contributed by atoms with Crippen LogP contribution in [0.1, 0.15) is 106 Å². The number of ether oxygens (including phenoxy) is 2. The lowest BCUT2D eigenvalue weighted by Gasteiger charge is -2.27. The van der Waals surface area contributed by atoms with Gasteiger partial charge in [0.25, 0.3) is 0 Å². The zero-order valence-corrected chi connectivity index (χ0v) is 20.5. The molecule has 0 bridgehead atoms. The van der Waals surface area contributed by atoms with Crippen molar-refractivity contribution in [1.29, 1.82) is 0 Å². The van der Waals surface area contributed by atoms with Crippen molar-refractivity contribution in [3.63, 3.8) is 0 Å². The van der Waals surface area contributed by atoms with Crippen LogP contribution in [0.2, 0.25) is 0 Å². The van der Waals surface area contributed by atoms with Crippen molar-refractivity contribution in [2.24, 2.45) is 0 Å². The number of alkyl halides is 1. The van der Waals surface area contributed by atoms with Crippen LogP contribution in [0.15, 0.2) is 36.7 Å². The van der Waals surface area contributed by atoms with E-state index in [9.17, 15) is 14.7 Å². The molecule has 1 N–H and O–H groups in total. The number of carbonyl (C=O) groups is 2. The maximum absolute atomic E-state index is 11.6. The minimum absolute atomic E-state index is 0. The molecule has 2 unspecified atom stereocenters. The topological polar surface area (TPSA) is 98.6 Å². The molecule has 2 aliphatic carbocycles. The Morgan fingerprint density at radius 3 is 1.83 bits per heavy atom. The first-order chi connectivity index (χ1) is 16.5. The Morgan fingerprint density at radius 2 is 1.37 bits per heavy atom. The summed E-state index contributed by atoms with van der Waals surface area (Å²) in [6.07, 6.45) is 9.11. The highest BCUT2D eigenvalue weighted by molar-refractivity contribution is 6.30. The minimum atomic E-state index is -1.21. The lowest BCUT2D eigenvalue weighted by Crippen LogP contribution is -2.20. The van der Waals surface area contributed by atoms with Gasteiger partial charge in [0.15, 0.2) is 11.5 Å². The Kier molecular flexibility index (Phi) is 11.6. The second-order valence-electron chi connectivity index (χ2n) is 8.48. The van der Waals surface area contributed by atoms with Crippen molar-refractivity contribution < 1.29 is 24.2 Å². The average molecular weight is 505 g/mol. The fourth-order valence-electron chi connectivity index (χ4n) is 4.04. The first-order valence-corrected chi connectivity index (χ1v) is 12.5. The summed E-state index contributed by atoms with van der Waals surface area (Å²) in [5, 5.41) is 9.22. The molecule has 192 valence electrons. The van der Waals surface area contributed by atoms with Crippen LogP contribution in [0.25, 0.3) is 0 Å². The molecule has 2 heterocycles. The molecule has 2 atom stereocenters. The molecule has 0 saturated heterocycles. The highest BCUT2D eigenvalue weighted by Crippen LogP contribution is 2.40. The monoisotopic (exact) mass is 504 g/mol. The van der Waals surface area contributed by atoms with Gasteiger partial charge in [-0.15, -0.1) is 11.6 Å². The standard InChI is InChI=1S/C13H16ClNO2.C13H17NO3.CH4/c1-2-17-13(16)11(14)10-7-4-8-15-12(10)9-5-3-6-9;1-2-17-13(16)12(15)10-7-4-8-14-11(10)9-5-3-6-9;/h4,7-9,11H,2-3,5-6H2,1H3;4,7-9,12,15H,2-3,5-6H2,1H3;1H4. The van der Waals surface area contributed by atoms with Gasteiger partial charge in [-0.2, -0.15) is 0 Å². The van der Waals surface area contributed by atoms with Gasteiger partial charge in [-0.1, -0.05) is 32.4 Å². The summed E-state index contributed by atoms with van der Waals surface area (Å²) in [7, 11) is 0. The summed E-state index contributed by atoms with van der Waals surface area (Å²) in [5.41, 5.74) is 3.21. The number of aromatic nitrogens is 2. The van der Waals surface area contributed by atoms with Crippen LogP contribution in [-0.2, 0) is 19.1 Å². The van der Waals surface area contributed by atoms with Gasteiger partial charge in [0.1, 0.15) is 0 Å². The predicted molar refractivity (Wildman–Crippen MR) is 135 cm³/mol. The molecule has 4 rings (SSSR count). The lowest BCUT2D eigenvalue weighted by atomic mass is 9.80. The summed E-state index contributed by atoms with van der Waals surface area (Å²) in [6.45, 7) is 4.12. The molecule has 0 spiro atoms. The third-order valence-corrected chi connectivity index (χ3v) is 6.71. The normalized spacial score (nSPS) is 16.8. The Hall–Kier alpha value is -2.51. The fourth-order valence-corrected chi connectivity index (χ4v) is 4.29. The highest BCUT2D eigenvalue weighted by atomic mass is 35.5. The van der Waals surface area contributed by atoms with Gasteiger partial charge >= 0.3 is 11.9 Å². The number of nitrogens with zero attached hydrogens (tertiary/aromatic N) is 2. The third kappa shape index (κ3) is 7.24.